The van der Waals surface area contributed by atoms with Crippen molar-refractivity contribution in [3.63, 3.8) is 0 Å². The third kappa shape index (κ3) is 2.76. The van der Waals surface area contributed by atoms with E-state index in [0.29, 0.717) is 24.3 Å². The summed E-state index contributed by atoms with van der Waals surface area (Å²) in [5, 5.41) is 18.2. The highest BCUT2D eigenvalue weighted by Crippen LogP contribution is 2.27. The monoisotopic (exact) mass is 262 g/mol. The van der Waals surface area contributed by atoms with E-state index in [1.807, 2.05) is 48.2 Å². The minimum atomic E-state index is 0.370. The Morgan fingerprint density at radius 1 is 1.15 bits per heavy atom. The van der Waals surface area contributed by atoms with Crippen molar-refractivity contribution in [2.24, 2.45) is 0 Å². The summed E-state index contributed by atoms with van der Waals surface area (Å²) in [7, 11) is 0. The van der Waals surface area contributed by atoms with Gasteiger partial charge in [0.15, 0.2) is 5.82 Å². The maximum atomic E-state index is 9.34. The third-order valence-corrected chi connectivity index (χ3v) is 3.02. The molecule has 0 N–H and O–H groups in total. The number of pyridine rings is 1. The molecule has 20 heavy (non-hydrogen) atoms. The molecule has 1 aromatic heterocycles. The first kappa shape index (κ1) is 13.6. The van der Waals surface area contributed by atoms with Crippen molar-refractivity contribution in [1.29, 1.82) is 10.5 Å². The fourth-order valence-electron chi connectivity index (χ4n) is 2.01. The van der Waals surface area contributed by atoms with Crippen LogP contribution in [0.2, 0.25) is 0 Å². The Morgan fingerprint density at radius 2 is 1.90 bits per heavy atom. The quantitative estimate of drug-likeness (QED) is 0.847. The van der Waals surface area contributed by atoms with Crippen molar-refractivity contribution < 1.29 is 0 Å². The normalized spacial score (nSPS) is 9.55. The van der Waals surface area contributed by atoms with Gasteiger partial charge in [0.1, 0.15) is 6.07 Å². The minimum absolute atomic E-state index is 0.370. The van der Waals surface area contributed by atoms with E-state index >= 15 is 0 Å². The van der Waals surface area contributed by atoms with Gasteiger partial charge in [-0.25, -0.2) is 4.98 Å². The lowest BCUT2D eigenvalue weighted by molar-refractivity contribution is 0.922. The van der Waals surface area contributed by atoms with Crippen LogP contribution in [0.5, 0.6) is 0 Å². The van der Waals surface area contributed by atoms with Crippen molar-refractivity contribution in [2.75, 3.05) is 11.4 Å². The zero-order valence-corrected chi connectivity index (χ0v) is 11.2. The van der Waals surface area contributed by atoms with Crippen LogP contribution >= 0.6 is 0 Å². The molecule has 0 aliphatic heterocycles. The van der Waals surface area contributed by atoms with Crippen LogP contribution in [-0.4, -0.2) is 11.5 Å². The molecule has 0 saturated heterocycles. The molecule has 4 nitrogen and oxygen atoms in total. The first-order chi connectivity index (χ1) is 9.77. The molecular weight excluding hydrogens is 248 g/mol. The van der Waals surface area contributed by atoms with Gasteiger partial charge in [-0.05, 0) is 30.7 Å². The second-order valence-electron chi connectivity index (χ2n) is 4.33. The third-order valence-electron chi connectivity index (χ3n) is 3.02. The molecule has 1 aromatic carbocycles. The van der Waals surface area contributed by atoms with Crippen molar-refractivity contribution in [1.82, 2.24) is 4.98 Å². The van der Waals surface area contributed by atoms with Gasteiger partial charge in [-0.3, -0.25) is 0 Å². The van der Waals surface area contributed by atoms with E-state index in [9.17, 15) is 5.26 Å². The second kappa shape index (κ2) is 6.36. The highest BCUT2D eigenvalue weighted by molar-refractivity contribution is 5.67. The molecule has 98 valence electrons. The predicted octanol–water partition coefficient (Wildman–Crippen LogP) is 3.31. The fourth-order valence-corrected chi connectivity index (χ4v) is 2.01. The van der Waals surface area contributed by atoms with Gasteiger partial charge in [-0.15, -0.1) is 0 Å². The Labute approximate surface area is 118 Å². The maximum Gasteiger partial charge on any atom is 0.151 e. The van der Waals surface area contributed by atoms with Crippen molar-refractivity contribution in [3.05, 3.63) is 53.7 Å². The Hall–Kier alpha value is -2.85. The predicted molar refractivity (Wildman–Crippen MR) is 77.4 cm³/mol. The van der Waals surface area contributed by atoms with E-state index < -0.39 is 0 Å². The van der Waals surface area contributed by atoms with Gasteiger partial charge >= 0.3 is 0 Å². The molecule has 4 heteroatoms. The molecule has 0 fully saturated rings. The van der Waals surface area contributed by atoms with Gasteiger partial charge < -0.3 is 4.90 Å². The SMILES string of the molecule is Cc1ccnc(N(CCC#N)c2ccccc2)c1C#N. The van der Waals surface area contributed by atoms with E-state index in [-0.39, 0.29) is 0 Å². The summed E-state index contributed by atoms with van der Waals surface area (Å²) < 4.78 is 0. The molecule has 0 bridgehead atoms. The molecule has 2 rings (SSSR count). The van der Waals surface area contributed by atoms with E-state index in [4.69, 9.17) is 5.26 Å². The number of anilines is 2. The lowest BCUT2D eigenvalue weighted by Crippen LogP contribution is -2.20. The number of para-hydroxylation sites is 1. The average Bonchev–Trinajstić information content (AvgIpc) is 2.49. The number of hydrogen-bond donors (Lipinski definition) is 0. The molecule has 0 amide bonds. The highest BCUT2D eigenvalue weighted by atomic mass is 15.2. The number of rotatable bonds is 4. The number of aryl methyl sites for hydroxylation is 1. The summed E-state index contributed by atoms with van der Waals surface area (Å²) in [4.78, 5) is 6.25. The molecular formula is C16H14N4. The standard InChI is InChI=1S/C16H14N4/c1-13-8-10-19-16(15(13)12-18)20(11-5-9-17)14-6-3-2-4-7-14/h2-4,6-8,10H,5,11H2,1H3. The lowest BCUT2D eigenvalue weighted by Gasteiger charge is -2.24. The summed E-state index contributed by atoms with van der Waals surface area (Å²) in [5.41, 5.74) is 2.36. The number of aromatic nitrogens is 1. The second-order valence-corrected chi connectivity index (χ2v) is 4.33. The number of benzene rings is 1. The van der Waals surface area contributed by atoms with Gasteiger partial charge in [0.05, 0.1) is 18.1 Å². The zero-order chi connectivity index (χ0) is 14.4. The molecule has 0 aliphatic rings. The Bertz CT molecular complexity index is 665. The molecule has 0 spiro atoms. The van der Waals surface area contributed by atoms with E-state index in [2.05, 4.69) is 17.1 Å². The topological polar surface area (TPSA) is 63.7 Å². The van der Waals surface area contributed by atoms with Crippen LogP contribution in [0.4, 0.5) is 11.5 Å². The van der Waals surface area contributed by atoms with Crippen LogP contribution in [0.25, 0.3) is 0 Å². The van der Waals surface area contributed by atoms with Crippen LogP contribution in [0.3, 0.4) is 0 Å². The van der Waals surface area contributed by atoms with Gasteiger partial charge in [0, 0.05) is 18.4 Å². The van der Waals surface area contributed by atoms with Crippen molar-refractivity contribution in [2.45, 2.75) is 13.3 Å². The van der Waals surface area contributed by atoms with Crippen LogP contribution < -0.4 is 4.90 Å². The summed E-state index contributed by atoms with van der Waals surface area (Å²) in [6.45, 7) is 2.39. The number of hydrogen-bond acceptors (Lipinski definition) is 4. The summed E-state index contributed by atoms with van der Waals surface area (Å²) in [5.74, 6) is 0.606. The van der Waals surface area contributed by atoms with E-state index in [1.165, 1.54) is 0 Å². The van der Waals surface area contributed by atoms with Crippen molar-refractivity contribution in [3.8, 4) is 12.1 Å². The van der Waals surface area contributed by atoms with Crippen LogP contribution in [-0.2, 0) is 0 Å². The Balaban J connectivity index is 2.51. The van der Waals surface area contributed by atoms with Gasteiger partial charge in [0.25, 0.3) is 0 Å². The first-order valence-electron chi connectivity index (χ1n) is 6.33. The molecule has 2 aromatic rings. The highest BCUT2D eigenvalue weighted by Gasteiger charge is 2.16. The molecule has 0 atom stereocenters. The summed E-state index contributed by atoms with van der Waals surface area (Å²) >= 11 is 0. The fraction of sp³-hybridized carbons (Fsp3) is 0.188. The Morgan fingerprint density at radius 3 is 2.55 bits per heavy atom. The number of nitriles is 2. The molecule has 0 saturated carbocycles. The van der Waals surface area contributed by atoms with Crippen molar-refractivity contribution >= 4 is 11.5 Å². The molecule has 0 aliphatic carbocycles. The minimum Gasteiger partial charge on any atom is -0.324 e. The van der Waals surface area contributed by atoms with E-state index in [1.54, 1.807) is 6.20 Å². The van der Waals surface area contributed by atoms with E-state index in [0.717, 1.165) is 11.3 Å². The Kier molecular flexibility index (Phi) is 4.32. The van der Waals surface area contributed by atoms with Gasteiger partial charge in [-0.1, -0.05) is 18.2 Å². The summed E-state index contributed by atoms with van der Waals surface area (Å²) in [6.07, 6.45) is 2.06. The smallest absolute Gasteiger partial charge is 0.151 e. The number of nitrogens with zero attached hydrogens (tertiary/aromatic N) is 4. The average molecular weight is 262 g/mol. The lowest BCUT2D eigenvalue weighted by atomic mass is 10.1. The zero-order valence-electron chi connectivity index (χ0n) is 11.2. The summed E-state index contributed by atoms with van der Waals surface area (Å²) in [6, 6.07) is 15.8. The molecule has 1 heterocycles. The molecule has 0 unspecified atom stereocenters. The maximum absolute atomic E-state index is 9.34. The van der Waals surface area contributed by atoms with Crippen LogP contribution in [0.15, 0.2) is 42.6 Å². The first-order valence-corrected chi connectivity index (χ1v) is 6.33. The largest absolute Gasteiger partial charge is 0.324 e. The molecule has 0 radical (unpaired) electrons. The van der Waals surface area contributed by atoms with Gasteiger partial charge in [0.2, 0.25) is 0 Å². The van der Waals surface area contributed by atoms with Crippen LogP contribution in [0.1, 0.15) is 17.5 Å². The van der Waals surface area contributed by atoms with Crippen LogP contribution in [0, 0.1) is 29.6 Å². The van der Waals surface area contributed by atoms with Gasteiger partial charge in [-0.2, -0.15) is 10.5 Å².